The number of pyridine rings is 1. The highest BCUT2D eigenvalue weighted by atomic mass is 16.2. The molecule has 1 aromatic heterocycles. The number of amides is 1. The summed E-state index contributed by atoms with van der Waals surface area (Å²) in [7, 11) is 5.83. The molecule has 0 radical (unpaired) electrons. The summed E-state index contributed by atoms with van der Waals surface area (Å²) in [6.45, 7) is 1.05. The van der Waals surface area contributed by atoms with E-state index in [0.717, 1.165) is 29.0 Å². The fourth-order valence-electron chi connectivity index (χ4n) is 2.88. The average molecular weight is 348 g/mol. The van der Waals surface area contributed by atoms with Gasteiger partial charge in [-0.25, -0.2) is 4.98 Å². The number of hydrogen-bond acceptors (Lipinski definition) is 4. The lowest BCUT2D eigenvalue weighted by Gasteiger charge is -2.18. The van der Waals surface area contributed by atoms with E-state index < -0.39 is 0 Å². The Bertz CT molecular complexity index is 893. The van der Waals surface area contributed by atoms with E-state index in [0.29, 0.717) is 6.54 Å². The van der Waals surface area contributed by atoms with Gasteiger partial charge in [0, 0.05) is 32.1 Å². The highest BCUT2D eigenvalue weighted by Gasteiger charge is 2.12. The van der Waals surface area contributed by atoms with E-state index in [1.165, 1.54) is 5.56 Å². The van der Waals surface area contributed by atoms with Crippen LogP contribution in [0.25, 0.3) is 10.9 Å². The Kier molecular flexibility index (Phi) is 5.49. The van der Waals surface area contributed by atoms with Gasteiger partial charge in [0.2, 0.25) is 5.91 Å². The summed E-state index contributed by atoms with van der Waals surface area (Å²) in [5.74, 6) is 0.779. The molecular formula is C21H24N4O. The van der Waals surface area contributed by atoms with Crippen molar-refractivity contribution in [1.29, 1.82) is 0 Å². The van der Waals surface area contributed by atoms with E-state index in [2.05, 4.69) is 22.4 Å². The van der Waals surface area contributed by atoms with Crippen LogP contribution in [0.4, 0.5) is 11.5 Å². The van der Waals surface area contributed by atoms with Gasteiger partial charge in [-0.15, -0.1) is 0 Å². The van der Waals surface area contributed by atoms with Crippen LogP contribution in [0, 0.1) is 0 Å². The lowest BCUT2D eigenvalue weighted by Crippen LogP contribution is -2.30. The molecule has 0 aliphatic carbocycles. The standard InChI is InChI=1S/C21H24N4O/c1-24(2)20-13-19(17-11-7-8-12-18(17)22-20)23-21(26)15-25(3)14-16-9-5-4-6-10-16/h4-13H,14-15H2,1-3H3,(H,22,23,26). The second-order valence-corrected chi connectivity index (χ2v) is 6.65. The van der Waals surface area contributed by atoms with E-state index in [1.54, 1.807) is 0 Å². The van der Waals surface area contributed by atoms with Crippen LogP contribution >= 0.6 is 0 Å². The molecule has 0 bridgehead atoms. The van der Waals surface area contributed by atoms with Crippen molar-refractivity contribution in [1.82, 2.24) is 9.88 Å². The van der Waals surface area contributed by atoms with Crippen LogP contribution < -0.4 is 10.2 Å². The number of carbonyl (C=O) groups is 1. The summed E-state index contributed by atoms with van der Waals surface area (Å²) in [5.41, 5.74) is 2.84. The number of carbonyl (C=O) groups excluding carboxylic acids is 1. The Labute approximate surface area is 154 Å². The van der Waals surface area contributed by atoms with Gasteiger partial charge in [0.05, 0.1) is 17.7 Å². The third-order valence-electron chi connectivity index (χ3n) is 4.14. The first-order valence-corrected chi connectivity index (χ1v) is 8.62. The number of likely N-dealkylation sites (N-methyl/N-ethyl adjacent to an activating group) is 1. The summed E-state index contributed by atoms with van der Waals surface area (Å²) >= 11 is 0. The van der Waals surface area contributed by atoms with Crippen LogP contribution in [0.15, 0.2) is 60.7 Å². The van der Waals surface area contributed by atoms with Crippen molar-refractivity contribution in [3.8, 4) is 0 Å². The van der Waals surface area contributed by atoms with Crippen molar-refractivity contribution in [2.45, 2.75) is 6.54 Å². The maximum atomic E-state index is 12.6. The monoisotopic (exact) mass is 348 g/mol. The Hall–Kier alpha value is -2.92. The molecule has 1 amide bonds. The fourth-order valence-corrected chi connectivity index (χ4v) is 2.88. The zero-order valence-electron chi connectivity index (χ0n) is 15.4. The second-order valence-electron chi connectivity index (χ2n) is 6.65. The summed E-state index contributed by atoms with van der Waals surface area (Å²) in [6, 6.07) is 19.9. The third-order valence-corrected chi connectivity index (χ3v) is 4.14. The van der Waals surface area contributed by atoms with Gasteiger partial charge in [-0.1, -0.05) is 48.5 Å². The average Bonchev–Trinajstić information content (AvgIpc) is 2.62. The maximum Gasteiger partial charge on any atom is 0.238 e. The van der Waals surface area contributed by atoms with E-state index in [1.807, 2.05) is 79.5 Å². The van der Waals surface area contributed by atoms with Gasteiger partial charge in [0.1, 0.15) is 5.82 Å². The smallest absolute Gasteiger partial charge is 0.238 e. The minimum absolute atomic E-state index is 0.0375. The van der Waals surface area contributed by atoms with E-state index in [4.69, 9.17) is 0 Å². The van der Waals surface area contributed by atoms with Gasteiger partial charge in [-0.05, 0) is 18.7 Å². The summed E-state index contributed by atoms with van der Waals surface area (Å²) in [6.07, 6.45) is 0. The predicted octanol–water partition coefficient (Wildman–Crippen LogP) is 3.37. The van der Waals surface area contributed by atoms with Crippen LogP contribution in [0.2, 0.25) is 0 Å². The summed E-state index contributed by atoms with van der Waals surface area (Å²) in [4.78, 5) is 21.1. The van der Waals surface area contributed by atoms with Gasteiger partial charge in [-0.3, -0.25) is 9.69 Å². The molecule has 0 saturated heterocycles. The van der Waals surface area contributed by atoms with Crippen molar-refractivity contribution < 1.29 is 4.79 Å². The predicted molar refractivity (Wildman–Crippen MR) is 107 cm³/mol. The number of rotatable bonds is 6. The molecule has 5 heteroatoms. The lowest BCUT2D eigenvalue weighted by atomic mass is 10.1. The van der Waals surface area contributed by atoms with Crippen molar-refractivity contribution in [2.24, 2.45) is 0 Å². The molecule has 0 atom stereocenters. The van der Waals surface area contributed by atoms with Crippen molar-refractivity contribution >= 4 is 28.3 Å². The summed E-state index contributed by atoms with van der Waals surface area (Å²) < 4.78 is 0. The molecule has 0 spiro atoms. The Morgan fingerprint density at radius 2 is 1.69 bits per heavy atom. The molecule has 0 aliphatic rings. The van der Waals surface area contributed by atoms with Crippen molar-refractivity contribution in [3.63, 3.8) is 0 Å². The number of fused-ring (bicyclic) bond motifs is 1. The number of nitrogens with one attached hydrogen (secondary N) is 1. The molecule has 0 fully saturated rings. The lowest BCUT2D eigenvalue weighted by molar-refractivity contribution is -0.117. The Morgan fingerprint density at radius 1 is 1.00 bits per heavy atom. The van der Waals surface area contributed by atoms with Crippen LogP contribution in [0.5, 0.6) is 0 Å². The van der Waals surface area contributed by atoms with Gasteiger partial charge < -0.3 is 10.2 Å². The zero-order chi connectivity index (χ0) is 18.5. The highest BCUT2D eigenvalue weighted by molar-refractivity contribution is 6.02. The van der Waals surface area contributed by atoms with Crippen LogP contribution in [0.1, 0.15) is 5.56 Å². The second kappa shape index (κ2) is 7.97. The Balaban J connectivity index is 1.74. The van der Waals surface area contributed by atoms with Crippen molar-refractivity contribution in [2.75, 3.05) is 37.9 Å². The Morgan fingerprint density at radius 3 is 2.42 bits per heavy atom. The first-order chi connectivity index (χ1) is 12.5. The highest BCUT2D eigenvalue weighted by Crippen LogP contribution is 2.26. The molecule has 3 aromatic rings. The third kappa shape index (κ3) is 4.37. The first kappa shape index (κ1) is 17.9. The molecule has 2 aromatic carbocycles. The number of benzene rings is 2. The fraction of sp³-hybridized carbons (Fsp3) is 0.238. The molecular weight excluding hydrogens is 324 g/mol. The van der Waals surface area contributed by atoms with E-state index in [9.17, 15) is 4.79 Å². The number of para-hydroxylation sites is 1. The molecule has 5 nitrogen and oxygen atoms in total. The molecule has 0 saturated carbocycles. The zero-order valence-corrected chi connectivity index (χ0v) is 15.4. The number of aromatic nitrogens is 1. The minimum atomic E-state index is -0.0375. The molecule has 0 aliphatic heterocycles. The van der Waals surface area contributed by atoms with Crippen molar-refractivity contribution in [3.05, 3.63) is 66.2 Å². The minimum Gasteiger partial charge on any atom is -0.363 e. The van der Waals surface area contributed by atoms with E-state index >= 15 is 0 Å². The van der Waals surface area contributed by atoms with Gasteiger partial charge in [0.15, 0.2) is 0 Å². The van der Waals surface area contributed by atoms with Crippen LogP contribution in [-0.2, 0) is 11.3 Å². The van der Waals surface area contributed by atoms with Gasteiger partial charge in [0.25, 0.3) is 0 Å². The number of hydrogen-bond donors (Lipinski definition) is 1. The number of anilines is 2. The molecule has 134 valence electrons. The largest absolute Gasteiger partial charge is 0.363 e. The molecule has 1 heterocycles. The van der Waals surface area contributed by atoms with Gasteiger partial charge >= 0.3 is 0 Å². The molecule has 0 unspecified atom stereocenters. The van der Waals surface area contributed by atoms with Gasteiger partial charge in [-0.2, -0.15) is 0 Å². The normalized spacial score (nSPS) is 10.9. The van der Waals surface area contributed by atoms with Crippen LogP contribution in [0.3, 0.4) is 0 Å². The quantitative estimate of drug-likeness (QED) is 0.742. The van der Waals surface area contributed by atoms with E-state index in [-0.39, 0.29) is 5.91 Å². The molecule has 3 rings (SSSR count). The summed E-state index contributed by atoms with van der Waals surface area (Å²) in [5, 5.41) is 3.99. The SMILES string of the molecule is CN(CC(=O)Nc1cc(N(C)C)nc2ccccc12)Cc1ccccc1. The molecule has 26 heavy (non-hydrogen) atoms. The first-order valence-electron chi connectivity index (χ1n) is 8.62. The molecule has 1 N–H and O–H groups in total. The van der Waals surface area contributed by atoms with Crippen LogP contribution in [-0.4, -0.2) is 43.5 Å². The topological polar surface area (TPSA) is 48.5 Å². The number of nitrogens with zero attached hydrogens (tertiary/aromatic N) is 3. The maximum absolute atomic E-state index is 12.6.